The number of ketones is 1. The van der Waals surface area contributed by atoms with Crippen LogP contribution in [0.3, 0.4) is 0 Å². The van der Waals surface area contributed by atoms with E-state index in [0.717, 1.165) is 22.0 Å². The van der Waals surface area contributed by atoms with Gasteiger partial charge in [0.1, 0.15) is 11.6 Å². The van der Waals surface area contributed by atoms with E-state index in [9.17, 15) is 15.2 Å². The summed E-state index contributed by atoms with van der Waals surface area (Å²) in [7, 11) is 0. The second-order valence-corrected chi connectivity index (χ2v) is 8.47. The molecule has 1 aromatic heterocycles. The number of hydrogen-bond donors (Lipinski definition) is 2. The Hall–Kier alpha value is -2.83. The predicted octanol–water partition coefficient (Wildman–Crippen LogP) is 3.27. The molecule has 0 radical (unpaired) electrons. The lowest BCUT2D eigenvalue weighted by molar-refractivity contribution is -0.116. The van der Waals surface area contributed by atoms with Crippen LogP contribution < -0.4 is 10.6 Å². The van der Waals surface area contributed by atoms with E-state index in [1.807, 2.05) is 6.26 Å². The number of aromatic hydroxyl groups is 1. The van der Waals surface area contributed by atoms with E-state index in [2.05, 4.69) is 16.3 Å². The molecule has 1 atom stereocenters. The molecule has 0 fully saturated rings. The van der Waals surface area contributed by atoms with Crippen LogP contribution >= 0.6 is 23.1 Å². The molecule has 0 saturated heterocycles. The van der Waals surface area contributed by atoms with Crippen molar-refractivity contribution in [2.75, 3.05) is 11.2 Å². The molecule has 28 heavy (non-hydrogen) atoms. The quantitative estimate of drug-likeness (QED) is 0.739. The highest BCUT2D eigenvalue weighted by Crippen LogP contribution is 2.47. The van der Waals surface area contributed by atoms with Crippen molar-refractivity contribution in [2.24, 2.45) is 5.73 Å². The topological polar surface area (TPSA) is 116 Å². The van der Waals surface area contributed by atoms with Gasteiger partial charge in [-0.1, -0.05) is 35.2 Å². The number of anilines is 1. The Bertz CT molecular complexity index is 1050. The average Bonchev–Trinajstić information content (AvgIpc) is 3.17. The van der Waals surface area contributed by atoms with Crippen molar-refractivity contribution in [1.29, 1.82) is 5.26 Å². The van der Waals surface area contributed by atoms with E-state index in [1.165, 1.54) is 23.1 Å². The number of benzene rings is 1. The van der Waals surface area contributed by atoms with Crippen LogP contribution in [0, 0.1) is 11.3 Å². The van der Waals surface area contributed by atoms with E-state index in [-0.39, 0.29) is 17.4 Å². The van der Waals surface area contributed by atoms with Gasteiger partial charge in [0.2, 0.25) is 5.13 Å². The summed E-state index contributed by atoms with van der Waals surface area (Å²) in [6.45, 7) is 0. The van der Waals surface area contributed by atoms with E-state index < -0.39 is 5.92 Å². The molecule has 1 aliphatic heterocycles. The van der Waals surface area contributed by atoms with Crippen LogP contribution in [0.4, 0.5) is 5.13 Å². The molecule has 1 unspecified atom stereocenters. The summed E-state index contributed by atoms with van der Waals surface area (Å²) in [6.07, 6.45) is 3.74. The first-order valence-corrected chi connectivity index (χ1v) is 10.7. The molecular weight excluding hydrogens is 394 g/mol. The number of phenolic OH excluding ortho intramolecular Hbond substituents is 1. The number of nitriles is 1. The van der Waals surface area contributed by atoms with Crippen molar-refractivity contribution in [3.05, 3.63) is 52.5 Å². The van der Waals surface area contributed by atoms with E-state index >= 15 is 0 Å². The fourth-order valence-electron chi connectivity index (χ4n) is 3.68. The molecule has 0 bridgehead atoms. The molecule has 3 N–H and O–H groups in total. The number of rotatable bonds is 3. The first-order valence-electron chi connectivity index (χ1n) is 8.67. The standard InChI is InChI=1S/C19H17N5O2S2/c1-27-19-23-22-18(28-19)24-13-3-2-4-14(26)16(13)15(12(9-20)17(24)21)10-5-7-11(25)8-6-10/h5-8,15,25H,2-4,21H2,1H3. The predicted molar refractivity (Wildman–Crippen MR) is 108 cm³/mol. The number of carbonyl (C=O) groups is 1. The zero-order chi connectivity index (χ0) is 19.8. The fourth-order valence-corrected chi connectivity index (χ4v) is 4.98. The van der Waals surface area contributed by atoms with Crippen LogP contribution in [-0.2, 0) is 4.79 Å². The van der Waals surface area contributed by atoms with Gasteiger partial charge in [-0.3, -0.25) is 9.69 Å². The minimum atomic E-state index is -0.544. The number of carbonyl (C=O) groups excluding carboxylic acids is 1. The molecule has 7 nitrogen and oxygen atoms in total. The third kappa shape index (κ3) is 2.95. The van der Waals surface area contributed by atoms with Crippen molar-refractivity contribution in [3.8, 4) is 11.8 Å². The Labute approximate surface area is 170 Å². The third-order valence-electron chi connectivity index (χ3n) is 4.90. The molecule has 0 spiro atoms. The Balaban J connectivity index is 1.93. The number of nitrogens with zero attached hydrogens (tertiary/aromatic N) is 4. The molecule has 4 rings (SSSR count). The van der Waals surface area contributed by atoms with Gasteiger partial charge < -0.3 is 10.8 Å². The maximum atomic E-state index is 12.9. The van der Waals surface area contributed by atoms with Crippen molar-refractivity contribution in [3.63, 3.8) is 0 Å². The average molecular weight is 412 g/mol. The van der Waals surface area contributed by atoms with Crippen LogP contribution in [0.1, 0.15) is 30.7 Å². The Morgan fingerprint density at radius 3 is 2.71 bits per heavy atom. The number of phenols is 1. The van der Waals surface area contributed by atoms with Gasteiger partial charge in [-0.15, -0.1) is 10.2 Å². The normalized spacial score (nSPS) is 19.6. The van der Waals surface area contributed by atoms with E-state index in [0.29, 0.717) is 29.1 Å². The summed E-state index contributed by atoms with van der Waals surface area (Å²) in [5, 5.41) is 28.4. The van der Waals surface area contributed by atoms with Gasteiger partial charge in [0.05, 0.1) is 17.6 Å². The second-order valence-electron chi connectivity index (χ2n) is 6.46. The summed E-state index contributed by atoms with van der Waals surface area (Å²) in [4.78, 5) is 14.7. The molecule has 2 aromatic rings. The first kappa shape index (κ1) is 18.5. The van der Waals surface area contributed by atoms with Gasteiger partial charge in [0.25, 0.3) is 0 Å². The minimum absolute atomic E-state index is 0.0131. The molecule has 1 aromatic carbocycles. The van der Waals surface area contributed by atoms with Gasteiger partial charge in [-0.25, -0.2) is 0 Å². The van der Waals surface area contributed by atoms with Gasteiger partial charge >= 0.3 is 0 Å². The highest BCUT2D eigenvalue weighted by atomic mass is 32.2. The van der Waals surface area contributed by atoms with Crippen LogP contribution in [-0.4, -0.2) is 27.3 Å². The highest BCUT2D eigenvalue weighted by molar-refractivity contribution is 8.00. The van der Waals surface area contributed by atoms with Gasteiger partial charge in [-0.2, -0.15) is 5.26 Å². The van der Waals surface area contributed by atoms with Crippen molar-refractivity contribution >= 4 is 34.0 Å². The van der Waals surface area contributed by atoms with Gasteiger partial charge in [0.15, 0.2) is 10.1 Å². The molecule has 142 valence electrons. The maximum Gasteiger partial charge on any atom is 0.219 e. The van der Waals surface area contributed by atoms with Crippen molar-refractivity contribution in [2.45, 2.75) is 29.5 Å². The van der Waals surface area contributed by atoms with Gasteiger partial charge in [-0.05, 0) is 36.8 Å². The molecule has 1 aliphatic carbocycles. The molecule has 2 heterocycles. The van der Waals surface area contributed by atoms with E-state index in [4.69, 9.17) is 5.73 Å². The largest absolute Gasteiger partial charge is 0.508 e. The molecule has 2 aliphatic rings. The lowest BCUT2D eigenvalue weighted by Crippen LogP contribution is -2.38. The Kier molecular flexibility index (Phi) is 4.83. The zero-order valence-electron chi connectivity index (χ0n) is 15.0. The van der Waals surface area contributed by atoms with Crippen LogP contribution in [0.15, 0.2) is 51.3 Å². The van der Waals surface area contributed by atoms with E-state index in [1.54, 1.807) is 29.2 Å². The molecule has 9 heteroatoms. The number of nitrogens with two attached hydrogens (primary N) is 1. The van der Waals surface area contributed by atoms with Crippen LogP contribution in [0.25, 0.3) is 0 Å². The summed E-state index contributed by atoms with van der Waals surface area (Å²) in [6, 6.07) is 8.76. The second kappa shape index (κ2) is 7.30. The minimum Gasteiger partial charge on any atom is -0.508 e. The monoisotopic (exact) mass is 411 g/mol. The maximum absolute atomic E-state index is 12.9. The lowest BCUT2D eigenvalue weighted by atomic mass is 9.76. The number of aromatic nitrogens is 2. The SMILES string of the molecule is CSc1nnc(N2C(N)=C(C#N)C(c3ccc(O)cc3)C3=C2CCCC3=O)s1. The fraction of sp³-hybridized carbons (Fsp3) is 0.263. The number of hydrogen-bond acceptors (Lipinski definition) is 9. The summed E-state index contributed by atoms with van der Waals surface area (Å²) in [5.41, 5.74) is 8.88. The highest BCUT2D eigenvalue weighted by Gasteiger charge is 2.41. The summed E-state index contributed by atoms with van der Waals surface area (Å²) >= 11 is 2.86. The van der Waals surface area contributed by atoms with Crippen LogP contribution in [0.5, 0.6) is 5.75 Å². The Morgan fingerprint density at radius 1 is 1.32 bits per heavy atom. The summed E-state index contributed by atoms with van der Waals surface area (Å²) in [5.74, 6) is -0.131. The van der Waals surface area contributed by atoms with Crippen molar-refractivity contribution < 1.29 is 9.90 Å². The summed E-state index contributed by atoms with van der Waals surface area (Å²) < 4.78 is 0.784. The first-order chi connectivity index (χ1) is 13.5. The number of Topliss-reactive ketones (excluding diaryl/α,β-unsaturated/α-hetero) is 1. The molecule has 0 amide bonds. The smallest absolute Gasteiger partial charge is 0.219 e. The Morgan fingerprint density at radius 2 is 2.07 bits per heavy atom. The number of thioether (sulfide) groups is 1. The van der Waals surface area contributed by atoms with Crippen molar-refractivity contribution in [1.82, 2.24) is 10.2 Å². The number of allylic oxidation sites excluding steroid dienone is 3. The zero-order valence-corrected chi connectivity index (χ0v) is 16.7. The third-order valence-corrected chi connectivity index (χ3v) is 6.79. The molecule has 0 saturated carbocycles. The molecular formula is C19H17N5O2S2. The van der Waals surface area contributed by atoms with Gasteiger partial charge in [0, 0.05) is 17.7 Å². The lowest BCUT2D eigenvalue weighted by Gasteiger charge is -2.38. The van der Waals surface area contributed by atoms with Crippen LogP contribution in [0.2, 0.25) is 0 Å².